The highest BCUT2D eigenvalue weighted by Crippen LogP contribution is 2.39. The van der Waals surface area contributed by atoms with E-state index in [0.29, 0.717) is 19.7 Å². The average molecular weight is 489 g/mol. The minimum absolute atomic E-state index is 0.0134. The molecule has 31 heavy (non-hydrogen) atoms. The van der Waals surface area contributed by atoms with Crippen LogP contribution >= 0.6 is 15.9 Å². The number of carbonyl (C=O) groups is 1. The fraction of sp³-hybridized carbons (Fsp3) is 0.458. The maximum atomic E-state index is 13.3. The van der Waals surface area contributed by atoms with Crippen LogP contribution in [0, 0.1) is 0 Å². The van der Waals surface area contributed by atoms with Crippen LogP contribution in [0.5, 0.6) is 11.5 Å². The summed E-state index contributed by atoms with van der Waals surface area (Å²) in [7, 11) is 3.32. The van der Waals surface area contributed by atoms with Gasteiger partial charge < -0.3 is 19.1 Å². The van der Waals surface area contributed by atoms with Crippen LogP contribution in [-0.2, 0) is 9.53 Å². The number of rotatable bonds is 6. The Labute approximate surface area is 192 Å². The van der Waals surface area contributed by atoms with Crippen LogP contribution in [0.3, 0.4) is 0 Å². The quantitative estimate of drug-likeness (QED) is 0.609. The van der Waals surface area contributed by atoms with E-state index in [0.717, 1.165) is 53.0 Å². The second-order valence-electron chi connectivity index (χ2n) is 8.00. The lowest BCUT2D eigenvalue weighted by Crippen LogP contribution is -2.45. The molecular weight excluding hydrogens is 460 g/mol. The molecule has 0 spiro atoms. The second-order valence-corrected chi connectivity index (χ2v) is 8.92. The van der Waals surface area contributed by atoms with Crippen LogP contribution in [0.25, 0.3) is 0 Å². The molecule has 2 fully saturated rings. The fourth-order valence-corrected chi connectivity index (χ4v) is 4.94. The Hall–Kier alpha value is -2.09. The van der Waals surface area contributed by atoms with Crippen molar-refractivity contribution in [1.82, 2.24) is 9.80 Å². The van der Waals surface area contributed by atoms with Crippen molar-refractivity contribution in [1.29, 1.82) is 0 Å². The van der Waals surface area contributed by atoms with Crippen LogP contribution in [0.1, 0.15) is 36.1 Å². The minimum atomic E-state index is -0.0214. The van der Waals surface area contributed by atoms with Crippen molar-refractivity contribution in [2.75, 3.05) is 47.0 Å². The van der Waals surface area contributed by atoms with Crippen LogP contribution in [-0.4, -0.2) is 62.7 Å². The number of morpholine rings is 1. The second kappa shape index (κ2) is 10.0. The first-order valence-electron chi connectivity index (χ1n) is 10.7. The Morgan fingerprint density at radius 1 is 1.16 bits per heavy atom. The van der Waals surface area contributed by atoms with Gasteiger partial charge >= 0.3 is 0 Å². The molecule has 0 N–H and O–H groups in total. The summed E-state index contributed by atoms with van der Waals surface area (Å²) < 4.78 is 18.0. The molecule has 2 unspecified atom stereocenters. The molecule has 2 atom stereocenters. The summed E-state index contributed by atoms with van der Waals surface area (Å²) in [4.78, 5) is 17.5. The summed E-state index contributed by atoms with van der Waals surface area (Å²) in [5, 5.41) is 0. The Balaban J connectivity index is 1.45. The lowest BCUT2D eigenvalue weighted by molar-refractivity contribution is -0.135. The standard InChI is InChI=1S/C24H29BrN2O4/c1-29-19-8-9-22(30-2)20(14-19)21-7-4-10-27(21)24(28)16-26-11-12-31-23(15-26)17-5-3-6-18(25)13-17/h3,5-6,8-9,13-14,21,23H,4,7,10-12,15-16H2,1-2H3. The van der Waals surface area contributed by atoms with Crippen LogP contribution < -0.4 is 9.47 Å². The third kappa shape index (κ3) is 5.05. The van der Waals surface area contributed by atoms with E-state index >= 15 is 0 Å². The lowest BCUT2D eigenvalue weighted by Gasteiger charge is -2.35. The first kappa shape index (κ1) is 22.1. The Bertz CT molecular complexity index is 922. The van der Waals surface area contributed by atoms with E-state index in [4.69, 9.17) is 14.2 Å². The number of halogens is 1. The molecule has 6 nitrogen and oxygen atoms in total. The van der Waals surface area contributed by atoms with Gasteiger partial charge in [0.2, 0.25) is 5.91 Å². The Morgan fingerprint density at radius 3 is 2.81 bits per heavy atom. The normalized spacial score (nSPS) is 21.8. The molecule has 2 aliphatic rings. The van der Waals surface area contributed by atoms with Gasteiger partial charge in [0.05, 0.1) is 39.5 Å². The van der Waals surface area contributed by atoms with Crippen molar-refractivity contribution < 1.29 is 19.0 Å². The van der Waals surface area contributed by atoms with E-state index in [-0.39, 0.29) is 18.1 Å². The van der Waals surface area contributed by atoms with E-state index in [9.17, 15) is 4.79 Å². The smallest absolute Gasteiger partial charge is 0.237 e. The van der Waals surface area contributed by atoms with Crippen molar-refractivity contribution in [3.63, 3.8) is 0 Å². The molecule has 0 bridgehead atoms. The van der Waals surface area contributed by atoms with Gasteiger partial charge in [-0.3, -0.25) is 9.69 Å². The maximum absolute atomic E-state index is 13.3. The molecule has 0 radical (unpaired) electrons. The highest BCUT2D eigenvalue weighted by molar-refractivity contribution is 9.10. The van der Waals surface area contributed by atoms with Gasteiger partial charge in [-0.1, -0.05) is 28.1 Å². The van der Waals surface area contributed by atoms with E-state index in [2.05, 4.69) is 33.0 Å². The molecule has 1 amide bonds. The summed E-state index contributed by atoms with van der Waals surface area (Å²) in [5.41, 5.74) is 2.15. The van der Waals surface area contributed by atoms with Gasteiger partial charge in [0.15, 0.2) is 0 Å². The number of likely N-dealkylation sites (tertiary alicyclic amines) is 1. The fourth-order valence-electron chi connectivity index (χ4n) is 4.53. The highest BCUT2D eigenvalue weighted by Gasteiger charge is 2.34. The number of methoxy groups -OCH3 is 2. The number of nitrogens with zero attached hydrogens (tertiary/aromatic N) is 2. The Kier molecular flexibility index (Phi) is 7.15. The molecule has 2 aromatic carbocycles. The predicted molar refractivity (Wildman–Crippen MR) is 123 cm³/mol. The molecule has 7 heteroatoms. The van der Waals surface area contributed by atoms with E-state index in [1.165, 1.54) is 0 Å². The average Bonchev–Trinajstić information content (AvgIpc) is 3.29. The zero-order chi connectivity index (χ0) is 21.8. The zero-order valence-electron chi connectivity index (χ0n) is 18.1. The van der Waals surface area contributed by atoms with Crippen LogP contribution in [0.15, 0.2) is 46.9 Å². The molecule has 2 aliphatic heterocycles. The number of ether oxygens (including phenoxy) is 3. The number of amides is 1. The first-order valence-corrected chi connectivity index (χ1v) is 11.5. The number of hydrogen-bond donors (Lipinski definition) is 0. The minimum Gasteiger partial charge on any atom is -0.497 e. The lowest BCUT2D eigenvalue weighted by atomic mass is 10.0. The van der Waals surface area contributed by atoms with Crippen molar-refractivity contribution in [2.45, 2.75) is 25.0 Å². The van der Waals surface area contributed by atoms with Gasteiger partial charge in [-0.2, -0.15) is 0 Å². The molecule has 2 heterocycles. The zero-order valence-corrected chi connectivity index (χ0v) is 19.6. The van der Waals surface area contributed by atoms with E-state index in [1.807, 2.05) is 35.2 Å². The molecule has 2 saturated heterocycles. The van der Waals surface area contributed by atoms with Crippen molar-refractivity contribution >= 4 is 21.8 Å². The van der Waals surface area contributed by atoms with Gasteiger partial charge in [-0.25, -0.2) is 0 Å². The summed E-state index contributed by atoms with van der Waals surface area (Å²) in [6, 6.07) is 14.0. The largest absolute Gasteiger partial charge is 0.497 e. The van der Waals surface area contributed by atoms with Gasteiger partial charge in [-0.15, -0.1) is 0 Å². The highest BCUT2D eigenvalue weighted by atomic mass is 79.9. The van der Waals surface area contributed by atoms with Gasteiger partial charge in [0.1, 0.15) is 11.5 Å². The van der Waals surface area contributed by atoms with Gasteiger partial charge in [0.25, 0.3) is 0 Å². The van der Waals surface area contributed by atoms with Crippen LogP contribution in [0.2, 0.25) is 0 Å². The maximum Gasteiger partial charge on any atom is 0.237 e. The molecule has 0 aliphatic carbocycles. The topological polar surface area (TPSA) is 51.2 Å². The van der Waals surface area contributed by atoms with E-state index in [1.54, 1.807) is 14.2 Å². The molecule has 0 saturated carbocycles. The van der Waals surface area contributed by atoms with Crippen molar-refractivity contribution in [3.05, 3.63) is 58.1 Å². The van der Waals surface area contributed by atoms with Gasteiger partial charge in [-0.05, 0) is 48.7 Å². The summed E-state index contributed by atoms with van der Waals surface area (Å²) >= 11 is 3.53. The number of hydrogen-bond acceptors (Lipinski definition) is 5. The SMILES string of the molecule is COc1ccc(OC)c(C2CCCN2C(=O)CN2CCOC(c3cccc(Br)c3)C2)c1. The summed E-state index contributed by atoms with van der Waals surface area (Å²) in [6.45, 7) is 3.26. The molecule has 4 rings (SSSR count). The Morgan fingerprint density at radius 2 is 2.03 bits per heavy atom. The first-order chi connectivity index (χ1) is 15.1. The molecule has 0 aromatic heterocycles. The van der Waals surface area contributed by atoms with Crippen molar-refractivity contribution in [2.24, 2.45) is 0 Å². The molecular formula is C24H29BrN2O4. The summed E-state index contributed by atoms with van der Waals surface area (Å²) in [5.74, 6) is 1.73. The third-order valence-corrected chi connectivity index (χ3v) is 6.59. The monoisotopic (exact) mass is 488 g/mol. The number of benzene rings is 2. The predicted octanol–water partition coefficient (Wildman–Crippen LogP) is 4.20. The van der Waals surface area contributed by atoms with Crippen molar-refractivity contribution in [3.8, 4) is 11.5 Å². The molecule has 166 valence electrons. The van der Waals surface area contributed by atoms with Crippen LogP contribution in [0.4, 0.5) is 0 Å². The molecule has 2 aromatic rings. The number of carbonyl (C=O) groups excluding carboxylic acids is 1. The summed E-state index contributed by atoms with van der Waals surface area (Å²) in [6.07, 6.45) is 1.89. The third-order valence-electron chi connectivity index (χ3n) is 6.10. The van der Waals surface area contributed by atoms with Gasteiger partial charge in [0, 0.05) is 29.7 Å². The van der Waals surface area contributed by atoms with E-state index < -0.39 is 0 Å².